The summed E-state index contributed by atoms with van der Waals surface area (Å²) < 4.78 is 6.97. The summed E-state index contributed by atoms with van der Waals surface area (Å²) in [5, 5.41) is 14.5. The Morgan fingerprint density at radius 2 is 1.91 bits per heavy atom. The van der Waals surface area contributed by atoms with Gasteiger partial charge in [0.2, 0.25) is 17.7 Å². The van der Waals surface area contributed by atoms with Crippen LogP contribution in [-0.4, -0.2) is 93.9 Å². The molecular weight excluding hydrogens is 548 g/mol. The molecule has 12 nitrogen and oxygen atoms in total. The molecule has 0 bridgehead atoms. The molecule has 5 rings (SSSR count). The Hall–Kier alpha value is -4.03. The molecule has 3 amide bonds. The maximum absolute atomic E-state index is 13.7. The summed E-state index contributed by atoms with van der Waals surface area (Å²) in [6, 6.07) is 12.2. The number of carbonyl (C=O) groups excluding carboxylic acids is 3. The number of aromatic nitrogens is 3. The van der Waals surface area contributed by atoms with Crippen molar-refractivity contribution in [3.63, 3.8) is 0 Å². The first-order valence-electron chi connectivity index (χ1n) is 15.0. The van der Waals surface area contributed by atoms with Gasteiger partial charge in [-0.15, -0.1) is 5.10 Å². The number of amides is 3. The maximum atomic E-state index is 13.7. The molecule has 0 spiro atoms. The number of nitrogens with two attached hydrogens (primary N) is 1. The van der Waals surface area contributed by atoms with Gasteiger partial charge in [0, 0.05) is 52.2 Å². The largest absolute Gasteiger partial charge is 0.497 e. The number of aryl methyl sites for hydroxylation is 1. The lowest BCUT2D eigenvalue weighted by Gasteiger charge is -2.34. The van der Waals surface area contributed by atoms with Crippen LogP contribution in [0, 0.1) is 5.92 Å². The van der Waals surface area contributed by atoms with Crippen LogP contribution in [0.4, 0.5) is 0 Å². The number of rotatable bonds is 10. The summed E-state index contributed by atoms with van der Waals surface area (Å²) in [6.07, 6.45) is 1.68. The molecule has 4 atom stereocenters. The predicted molar refractivity (Wildman–Crippen MR) is 162 cm³/mol. The summed E-state index contributed by atoms with van der Waals surface area (Å²) in [5.41, 5.74) is 10.0. The van der Waals surface area contributed by atoms with Crippen molar-refractivity contribution in [1.29, 1.82) is 0 Å². The zero-order chi connectivity index (χ0) is 30.5. The predicted octanol–water partition coefficient (Wildman–Crippen LogP) is 0.981. The van der Waals surface area contributed by atoms with Crippen molar-refractivity contribution >= 4 is 28.8 Å². The number of fused-ring (bicyclic) bond motifs is 1. The standard InChI is InChI=1S/C31H42N8O4/c1-20-17-33-12-13-38(20)29(40)11-9-25(32)31(42)39-19-23(14-21-4-7-24(43-3)8-5-21)16-28(39)30(41)34-18-22-6-10-27-26(15-22)35-36-37(27)2/h4-8,10,15,20,23,25,28,33H,9,11-14,16-19,32H2,1-3H3,(H,34,41). The molecule has 1 aromatic heterocycles. The number of hydrogen-bond acceptors (Lipinski definition) is 8. The van der Waals surface area contributed by atoms with Gasteiger partial charge in [-0.05, 0) is 67.5 Å². The van der Waals surface area contributed by atoms with Gasteiger partial charge in [-0.3, -0.25) is 14.4 Å². The number of piperazine rings is 1. The molecule has 4 N–H and O–H groups in total. The van der Waals surface area contributed by atoms with Gasteiger partial charge in [0.05, 0.1) is 18.7 Å². The van der Waals surface area contributed by atoms with Gasteiger partial charge < -0.3 is 30.9 Å². The number of benzene rings is 2. The van der Waals surface area contributed by atoms with Crippen LogP contribution in [0.25, 0.3) is 11.0 Å². The second-order valence-corrected chi connectivity index (χ2v) is 11.7. The van der Waals surface area contributed by atoms with E-state index in [1.54, 1.807) is 16.7 Å². The van der Waals surface area contributed by atoms with Crippen molar-refractivity contribution in [2.45, 2.75) is 57.3 Å². The monoisotopic (exact) mass is 590 g/mol. The van der Waals surface area contributed by atoms with Crippen molar-refractivity contribution in [3.05, 3.63) is 53.6 Å². The third-order valence-corrected chi connectivity index (χ3v) is 8.61. The fourth-order valence-electron chi connectivity index (χ4n) is 6.13. The van der Waals surface area contributed by atoms with Crippen LogP contribution in [0.1, 0.15) is 37.3 Å². The second kappa shape index (κ2) is 13.5. The molecular formula is C31H42N8O4. The lowest BCUT2D eigenvalue weighted by atomic mass is 9.96. The Bertz CT molecular complexity index is 1440. The lowest BCUT2D eigenvalue weighted by molar-refractivity contribution is -0.140. The van der Waals surface area contributed by atoms with Crippen molar-refractivity contribution in [3.8, 4) is 5.75 Å². The Labute approximate surface area is 251 Å². The number of nitrogens with one attached hydrogen (secondary N) is 2. The number of likely N-dealkylation sites (tertiary alicyclic amines) is 1. The van der Waals surface area contributed by atoms with E-state index in [0.717, 1.165) is 47.4 Å². The number of carbonyl (C=O) groups is 3. The van der Waals surface area contributed by atoms with Gasteiger partial charge in [-0.1, -0.05) is 23.4 Å². The van der Waals surface area contributed by atoms with Crippen molar-refractivity contribution in [2.24, 2.45) is 18.7 Å². The molecule has 3 aromatic rings. The molecule has 0 radical (unpaired) electrons. The van der Waals surface area contributed by atoms with E-state index in [9.17, 15) is 14.4 Å². The van der Waals surface area contributed by atoms with Gasteiger partial charge in [-0.2, -0.15) is 0 Å². The van der Waals surface area contributed by atoms with Crippen LogP contribution in [0.5, 0.6) is 5.75 Å². The third kappa shape index (κ3) is 7.14. The number of hydrogen-bond donors (Lipinski definition) is 3. The molecule has 2 aromatic carbocycles. The minimum atomic E-state index is -0.865. The van der Waals surface area contributed by atoms with Crippen LogP contribution in [-0.2, 0) is 34.4 Å². The Morgan fingerprint density at radius 1 is 1.14 bits per heavy atom. The van der Waals surface area contributed by atoms with E-state index in [-0.39, 0.29) is 42.5 Å². The summed E-state index contributed by atoms with van der Waals surface area (Å²) in [7, 11) is 3.46. The van der Waals surface area contributed by atoms with Gasteiger partial charge in [0.1, 0.15) is 17.3 Å². The molecule has 230 valence electrons. The first-order valence-corrected chi connectivity index (χ1v) is 15.0. The van der Waals surface area contributed by atoms with Crippen LogP contribution in [0.3, 0.4) is 0 Å². The molecule has 0 aliphatic carbocycles. The minimum absolute atomic E-state index is 0.00502. The molecule has 0 saturated carbocycles. The summed E-state index contributed by atoms with van der Waals surface area (Å²) in [5.74, 6) is 0.354. The Kier molecular flexibility index (Phi) is 9.56. The molecule has 3 heterocycles. The average molecular weight is 591 g/mol. The molecule has 43 heavy (non-hydrogen) atoms. The van der Waals surface area contributed by atoms with E-state index in [1.807, 2.05) is 61.3 Å². The minimum Gasteiger partial charge on any atom is -0.497 e. The van der Waals surface area contributed by atoms with Gasteiger partial charge >= 0.3 is 0 Å². The zero-order valence-electron chi connectivity index (χ0n) is 25.2. The summed E-state index contributed by atoms with van der Waals surface area (Å²) in [6.45, 7) is 4.89. The highest BCUT2D eigenvalue weighted by Crippen LogP contribution is 2.28. The molecule has 2 aliphatic heterocycles. The highest BCUT2D eigenvalue weighted by atomic mass is 16.5. The SMILES string of the molecule is COc1ccc(CC2CC(C(=O)NCc3ccc4c(c3)nnn4C)N(C(=O)C(N)CCC(=O)N3CCNCC3C)C2)cc1. The van der Waals surface area contributed by atoms with Crippen LogP contribution < -0.4 is 21.1 Å². The van der Waals surface area contributed by atoms with E-state index in [4.69, 9.17) is 10.5 Å². The van der Waals surface area contributed by atoms with E-state index >= 15 is 0 Å². The molecule has 4 unspecified atom stereocenters. The zero-order valence-corrected chi connectivity index (χ0v) is 25.2. The fourth-order valence-corrected chi connectivity index (χ4v) is 6.13. The molecule has 2 aliphatic rings. The van der Waals surface area contributed by atoms with Crippen LogP contribution in [0.15, 0.2) is 42.5 Å². The summed E-state index contributed by atoms with van der Waals surface area (Å²) in [4.78, 5) is 43.6. The van der Waals surface area contributed by atoms with Crippen LogP contribution in [0.2, 0.25) is 0 Å². The quantitative estimate of drug-likeness (QED) is 0.317. The van der Waals surface area contributed by atoms with Crippen molar-refractivity contribution in [1.82, 2.24) is 35.4 Å². The fraction of sp³-hybridized carbons (Fsp3) is 0.516. The van der Waals surface area contributed by atoms with E-state index in [2.05, 4.69) is 20.9 Å². The van der Waals surface area contributed by atoms with Gasteiger partial charge in [0.15, 0.2) is 0 Å². The molecule has 12 heteroatoms. The van der Waals surface area contributed by atoms with Crippen molar-refractivity contribution in [2.75, 3.05) is 33.3 Å². The average Bonchev–Trinajstić information content (AvgIpc) is 3.61. The lowest BCUT2D eigenvalue weighted by Crippen LogP contribution is -2.53. The second-order valence-electron chi connectivity index (χ2n) is 11.7. The first kappa shape index (κ1) is 30.4. The van der Waals surface area contributed by atoms with E-state index in [0.29, 0.717) is 26.1 Å². The van der Waals surface area contributed by atoms with E-state index < -0.39 is 12.1 Å². The number of methoxy groups -OCH3 is 1. The topological polar surface area (TPSA) is 148 Å². The number of ether oxygens (including phenoxy) is 1. The van der Waals surface area contributed by atoms with Crippen molar-refractivity contribution < 1.29 is 19.1 Å². The molecule has 2 fully saturated rings. The Balaban J connectivity index is 1.25. The van der Waals surface area contributed by atoms with Crippen LogP contribution >= 0.6 is 0 Å². The van der Waals surface area contributed by atoms with Gasteiger partial charge in [-0.25, -0.2) is 4.68 Å². The van der Waals surface area contributed by atoms with Gasteiger partial charge in [0.25, 0.3) is 0 Å². The van der Waals surface area contributed by atoms with E-state index in [1.165, 1.54) is 0 Å². The number of nitrogens with zero attached hydrogens (tertiary/aromatic N) is 5. The highest BCUT2D eigenvalue weighted by molar-refractivity contribution is 5.91. The highest BCUT2D eigenvalue weighted by Gasteiger charge is 2.41. The normalized spacial score (nSPS) is 21.2. The Morgan fingerprint density at radius 3 is 2.65 bits per heavy atom. The molecule has 2 saturated heterocycles. The first-order chi connectivity index (χ1) is 20.7. The summed E-state index contributed by atoms with van der Waals surface area (Å²) >= 11 is 0. The third-order valence-electron chi connectivity index (χ3n) is 8.61. The maximum Gasteiger partial charge on any atom is 0.243 e. The smallest absolute Gasteiger partial charge is 0.243 e.